The topological polar surface area (TPSA) is 32.3 Å². The first-order chi connectivity index (χ1) is 8.51. The van der Waals surface area contributed by atoms with Crippen LogP contribution >= 0.6 is 11.6 Å². The fourth-order valence-electron chi connectivity index (χ4n) is 1.92. The monoisotopic (exact) mass is 268 g/mol. The molecule has 100 valence electrons. The van der Waals surface area contributed by atoms with E-state index in [1.807, 2.05) is 32.0 Å². The predicted molar refractivity (Wildman–Crippen MR) is 77.2 cm³/mol. The predicted octanol–water partition coefficient (Wildman–Crippen LogP) is 3.32. The van der Waals surface area contributed by atoms with Gasteiger partial charge in [0.05, 0.1) is 6.04 Å². The molecule has 0 bridgehead atoms. The molecule has 0 heterocycles. The molecular formula is C14H21ClN2O. The van der Waals surface area contributed by atoms with Gasteiger partial charge in [-0.1, -0.05) is 31.5 Å². The number of amides is 1. The van der Waals surface area contributed by atoms with Gasteiger partial charge in [0.2, 0.25) is 5.91 Å². The fraction of sp³-hybridized carbons (Fsp3) is 0.500. The molecule has 1 aromatic rings. The molecule has 4 heteroatoms. The summed E-state index contributed by atoms with van der Waals surface area (Å²) >= 11 is 6.03. The summed E-state index contributed by atoms with van der Waals surface area (Å²) in [5.74, 6) is 0.00377. The second-order valence-corrected chi connectivity index (χ2v) is 4.71. The highest BCUT2D eigenvalue weighted by Gasteiger charge is 2.19. The Morgan fingerprint density at radius 2 is 2.00 bits per heavy atom. The Kier molecular flexibility index (Phi) is 5.63. The zero-order chi connectivity index (χ0) is 13.7. The quantitative estimate of drug-likeness (QED) is 0.889. The number of nitrogens with one attached hydrogen (secondary N) is 1. The van der Waals surface area contributed by atoms with Gasteiger partial charge in [0.25, 0.3) is 0 Å². The smallest absolute Gasteiger partial charge is 0.241 e. The van der Waals surface area contributed by atoms with E-state index in [2.05, 4.69) is 24.1 Å². The molecule has 0 aliphatic carbocycles. The number of anilines is 1. The van der Waals surface area contributed by atoms with Crippen molar-refractivity contribution in [3.05, 3.63) is 28.8 Å². The third kappa shape index (κ3) is 3.47. The van der Waals surface area contributed by atoms with Gasteiger partial charge in [0, 0.05) is 10.7 Å². The highest BCUT2D eigenvalue weighted by atomic mass is 35.5. The Hall–Kier alpha value is -1.06. The molecule has 1 N–H and O–H groups in total. The number of halogens is 1. The highest BCUT2D eigenvalue weighted by Crippen LogP contribution is 2.23. The molecule has 0 fully saturated rings. The largest absolute Gasteiger partial charge is 0.324 e. The van der Waals surface area contributed by atoms with Crippen LogP contribution in [0.25, 0.3) is 0 Å². The van der Waals surface area contributed by atoms with Gasteiger partial charge < -0.3 is 5.32 Å². The van der Waals surface area contributed by atoms with Crippen molar-refractivity contribution >= 4 is 23.2 Å². The summed E-state index contributed by atoms with van der Waals surface area (Å²) in [6.07, 6.45) is 0. The maximum atomic E-state index is 12.1. The first-order valence-electron chi connectivity index (χ1n) is 6.31. The molecule has 0 aliphatic heterocycles. The van der Waals surface area contributed by atoms with Gasteiger partial charge in [-0.05, 0) is 44.6 Å². The number of hydrogen-bond acceptors (Lipinski definition) is 2. The van der Waals surface area contributed by atoms with Gasteiger partial charge in [0.15, 0.2) is 0 Å². The third-order valence-electron chi connectivity index (χ3n) is 3.27. The molecule has 0 saturated heterocycles. The van der Waals surface area contributed by atoms with Gasteiger partial charge in [-0.3, -0.25) is 9.69 Å². The van der Waals surface area contributed by atoms with E-state index < -0.39 is 0 Å². The number of nitrogens with zero attached hydrogens (tertiary/aromatic N) is 1. The van der Waals surface area contributed by atoms with E-state index in [9.17, 15) is 4.79 Å². The highest BCUT2D eigenvalue weighted by molar-refractivity contribution is 6.31. The molecule has 1 atom stereocenters. The average Bonchev–Trinajstić information content (AvgIpc) is 2.36. The average molecular weight is 269 g/mol. The lowest BCUT2D eigenvalue weighted by atomic mass is 10.2. The molecule has 0 aliphatic rings. The van der Waals surface area contributed by atoms with E-state index in [-0.39, 0.29) is 11.9 Å². The van der Waals surface area contributed by atoms with Crippen LogP contribution in [-0.4, -0.2) is 29.9 Å². The number of carbonyl (C=O) groups excluding carboxylic acids is 1. The molecule has 3 nitrogen and oxygen atoms in total. The van der Waals surface area contributed by atoms with Crippen molar-refractivity contribution in [2.75, 3.05) is 18.4 Å². The van der Waals surface area contributed by atoms with Gasteiger partial charge in [-0.25, -0.2) is 0 Å². The van der Waals surface area contributed by atoms with Crippen LogP contribution in [0.4, 0.5) is 5.69 Å². The van der Waals surface area contributed by atoms with Crippen LogP contribution in [0.2, 0.25) is 5.02 Å². The van der Waals surface area contributed by atoms with Crippen LogP contribution in [-0.2, 0) is 4.79 Å². The third-order valence-corrected chi connectivity index (χ3v) is 3.67. The summed E-state index contributed by atoms with van der Waals surface area (Å²) in [5, 5.41) is 3.60. The summed E-state index contributed by atoms with van der Waals surface area (Å²) in [5.41, 5.74) is 1.69. The molecule has 0 spiro atoms. The van der Waals surface area contributed by atoms with E-state index >= 15 is 0 Å². The van der Waals surface area contributed by atoms with Crippen LogP contribution in [0.1, 0.15) is 26.3 Å². The lowest BCUT2D eigenvalue weighted by Gasteiger charge is -2.25. The van der Waals surface area contributed by atoms with Gasteiger partial charge >= 0.3 is 0 Å². The first kappa shape index (κ1) is 15.0. The Labute approximate surface area is 114 Å². The zero-order valence-corrected chi connectivity index (χ0v) is 12.2. The zero-order valence-electron chi connectivity index (χ0n) is 11.5. The van der Waals surface area contributed by atoms with Gasteiger partial charge in [-0.2, -0.15) is 0 Å². The molecule has 0 unspecified atom stereocenters. The van der Waals surface area contributed by atoms with Gasteiger partial charge in [0.1, 0.15) is 0 Å². The molecule has 0 radical (unpaired) electrons. The SMILES string of the molecule is CCN(CC)[C@@H](C)C(=O)Nc1cccc(Cl)c1C. The van der Waals surface area contributed by atoms with Crippen molar-refractivity contribution in [2.24, 2.45) is 0 Å². The normalized spacial score (nSPS) is 12.6. The minimum atomic E-state index is -0.140. The van der Waals surface area contributed by atoms with E-state index in [1.54, 1.807) is 0 Å². The van der Waals surface area contributed by atoms with Crippen LogP contribution in [0.5, 0.6) is 0 Å². The van der Waals surface area contributed by atoms with Crippen LogP contribution in [0, 0.1) is 6.92 Å². The molecule has 0 aromatic heterocycles. The van der Waals surface area contributed by atoms with Crippen LogP contribution < -0.4 is 5.32 Å². The minimum Gasteiger partial charge on any atom is -0.324 e. The Morgan fingerprint density at radius 3 is 2.56 bits per heavy atom. The number of benzene rings is 1. The molecule has 1 aromatic carbocycles. The van der Waals surface area contributed by atoms with Crippen molar-refractivity contribution in [1.29, 1.82) is 0 Å². The maximum Gasteiger partial charge on any atom is 0.241 e. The van der Waals surface area contributed by atoms with E-state index in [1.165, 1.54) is 0 Å². The summed E-state index contributed by atoms with van der Waals surface area (Å²) < 4.78 is 0. The molecule has 1 amide bonds. The second-order valence-electron chi connectivity index (χ2n) is 4.30. The number of likely N-dealkylation sites (N-methyl/N-ethyl adjacent to an activating group) is 1. The standard InChI is InChI=1S/C14H21ClN2O/c1-5-17(6-2)11(4)14(18)16-13-9-7-8-12(15)10(13)3/h7-9,11H,5-6H2,1-4H3,(H,16,18)/t11-/m0/s1. The Bertz CT molecular complexity index is 416. The van der Waals surface area contributed by atoms with Crippen molar-refractivity contribution in [1.82, 2.24) is 4.90 Å². The summed E-state index contributed by atoms with van der Waals surface area (Å²) in [6.45, 7) is 9.65. The summed E-state index contributed by atoms with van der Waals surface area (Å²) in [6, 6.07) is 5.39. The number of carbonyl (C=O) groups is 1. The van der Waals surface area contributed by atoms with Crippen molar-refractivity contribution in [3.8, 4) is 0 Å². The Balaban J connectivity index is 2.78. The first-order valence-corrected chi connectivity index (χ1v) is 6.69. The van der Waals surface area contributed by atoms with E-state index in [4.69, 9.17) is 11.6 Å². The van der Waals surface area contributed by atoms with Crippen molar-refractivity contribution in [2.45, 2.75) is 33.7 Å². The minimum absolute atomic E-state index is 0.00377. The summed E-state index contributed by atoms with van der Waals surface area (Å²) in [4.78, 5) is 14.2. The van der Waals surface area contributed by atoms with Crippen molar-refractivity contribution < 1.29 is 4.79 Å². The summed E-state index contributed by atoms with van der Waals surface area (Å²) in [7, 11) is 0. The van der Waals surface area contributed by atoms with Crippen LogP contribution in [0.15, 0.2) is 18.2 Å². The van der Waals surface area contributed by atoms with E-state index in [0.29, 0.717) is 5.02 Å². The van der Waals surface area contributed by atoms with E-state index in [0.717, 1.165) is 24.3 Å². The van der Waals surface area contributed by atoms with Crippen molar-refractivity contribution in [3.63, 3.8) is 0 Å². The fourth-order valence-corrected chi connectivity index (χ4v) is 2.09. The number of rotatable bonds is 5. The Morgan fingerprint density at radius 1 is 1.39 bits per heavy atom. The van der Waals surface area contributed by atoms with Gasteiger partial charge in [-0.15, -0.1) is 0 Å². The maximum absolute atomic E-state index is 12.1. The lowest BCUT2D eigenvalue weighted by molar-refractivity contribution is -0.120. The second kappa shape index (κ2) is 6.76. The molecule has 18 heavy (non-hydrogen) atoms. The van der Waals surface area contributed by atoms with Crippen LogP contribution in [0.3, 0.4) is 0 Å². The molecule has 0 saturated carbocycles. The molecular weight excluding hydrogens is 248 g/mol. The molecule has 1 rings (SSSR count). The lowest BCUT2D eigenvalue weighted by Crippen LogP contribution is -2.41. The number of hydrogen-bond donors (Lipinski definition) is 1.